The average molecular weight is 1900 g/mol. The molecule has 0 fully saturated rings. The highest BCUT2D eigenvalue weighted by atomic mass is 32.1. The Kier molecular flexibility index (Phi) is 20.9. The molecule has 0 aliphatic carbocycles. The second-order valence-corrected chi connectivity index (χ2v) is 38.3. The number of aromatic nitrogens is 3. The molecule has 0 N–H and O–H groups in total. The molecule has 6 heterocycles. The van der Waals surface area contributed by atoms with E-state index in [0.717, 1.165) is 215 Å². The summed E-state index contributed by atoms with van der Waals surface area (Å²) < 4.78 is 34.7. The molecule has 690 valence electrons. The first-order valence-corrected chi connectivity index (χ1v) is 50.2. The minimum absolute atomic E-state index is 0.622. The van der Waals surface area contributed by atoms with Crippen molar-refractivity contribution in [2.75, 3.05) is 14.7 Å². The zero-order chi connectivity index (χ0) is 96.9. The second kappa shape index (κ2) is 35.9. The van der Waals surface area contributed by atoms with Gasteiger partial charge in [-0.05, 0) is 282 Å². The molecule has 11 nitrogen and oxygen atoms in total. The van der Waals surface area contributed by atoms with E-state index >= 15 is 0 Å². The van der Waals surface area contributed by atoms with Crippen molar-refractivity contribution < 1.29 is 22.1 Å². The van der Waals surface area contributed by atoms with E-state index in [0.29, 0.717) is 17.7 Å². The van der Waals surface area contributed by atoms with Gasteiger partial charge in [0, 0.05) is 126 Å². The third-order valence-electron chi connectivity index (χ3n) is 28.3. The van der Waals surface area contributed by atoms with Gasteiger partial charge < -0.3 is 36.8 Å². The van der Waals surface area contributed by atoms with Crippen molar-refractivity contribution >= 4 is 225 Å². The number of anilines is 9. The fourth-order valence-corrected chi connectivity index (χ4v) is 22.4. The first-order chi connectivity index (χ1) is 72.8. The van der Waals surface area contributed by atoms with E-state index in [1.807, 2.05) is 127 Å². The fourth-order valence-electron chi connectivity index (χ4n) is 21.3. The van der Waals surface area contributed by atoms with E-state index in [1.165, 1.54) is 48.0 Å². The first-order valence-electron chi connectivity index (χ1n) is 49.4. The molecule has 12 heteroatoms. The minimum Gasteiger partial charge on any atom is -0.456 e. The molecular weight excluding hydrogens is 1820 g/mol. The molecule has 147 heavy (non-hydrogen) atoms. The Hall–Kier alpha value is -19.5. The highest BCUT2D eigenvalue weighted by molar-refractivity contribution is 7.25. The van der Waals surface area contributed by atoms with Crippen LogP contribution in [0.25, 0.3) is 230 Å². The van der Waals surface area contributed by atoms with Crippen LogP contribution in [0, 0.1) is 0 Å². The normalized spacial score (nSPS) is 11.7. The summed E-state index contributed by atoms with van der Waals surface area (Å²) in [7, 11) is 0. The number of thiophene rings is 1. The average Bonchev–Trinajstić information content (AvgIpc) is 1.71. The summed E-state index contributed by atoms with van der Waals surface area (Å²) >= 11 is 1.84. The number of rotatable bonds is 15. The Balaban J connectivity index is 0.000000107. The lowest BCUT2D eigenvalue weighted by atomic mass is 9.99. The number of benzene rings is 24. The van der Waals surface area contributed by atoms with Crippen molar-refractivity contribution in [3.05, 3.63) is 510 Å². The highest BCUT2D eigenvalue weighted by Gasteiger charge is 2.26. The van der Waals surface area contributed by atoms with Gasteiger partial charge in [-0.2, -0.15) is 0 Å². The van der Waals surface area contributed by atoms with Gasteiger partial charge in [0.05, 0.1) is 0 Å². The van der Waals surface area contributed by atoms with Crippen LogP contribution >= 0.6 is 11.3 Å². The molecule has 0 saturated heterocycles. The smallest absolute Gasteiger partial charge is 0.227 e. The SMILES string of the molecule is c1ccc(-c2cccc(N(c3ccc4oc5ccccc5c4c3)c3ccc4ccc5ccc6nc(-c7ccccc7)oc6c5c4c3)c2)cc1.c1ccc(-c2cccc(N(c3cccc(-c4ccccc4)c3)c3ccc4ccc5ccc6nc(-c7ccccc7)oc6c5c4c3)c2)cc1.c1ccc(-c2nc3ccc4ccc5ccc(N(c6ccc7oc8ccccc8c7c6)c6ccc7sc8ccccc8c7c6)cc5c4c3o2)cc1. The van der Waals surface area contributed by atoms with E-state index in [1.54, 1.807) is 0 Å². The van der Waals surface area contributed by atoms with Gasteiger partial charge in [0.2, 0.25) is 17.7 Å². The van der Waals surface area contributed by atoms with Crippen LogP contribution in [0.1, 0.15) is 0 Å². The van der Waals surface area contributed by atoms with Crippen molar-refractivity contribution in [2.24, 2.45) is 0 Å². The summed E-state index contributed by atoms with van der Waals surface area (Å²) in [6.07, 6.45) is 0. The molecule has 24 aromatic carbocycles. The van der Waals surface area contributed by atoms with Crippen LogP contribution in [-0.4, -0.2) is 15.0 Å². The topological polar surface area (TPSA) is 114 Å². The monoisotopic (exact) mass is 1900 g/mol. The van der Waals surface area contributed by atoms with Crippen LogP contribution < -0.4 is 14.7 Å². The van der Waals surface area contributed by atoms with Crippen molar-refractivity contribution in [1.29, 1.82) is 0 Å². The predicted molar refractivity (Wildman–Crippen MR) is 611 cm³/mol. The Bertz CT molecular complexity index is 10200. The van der Waals surface area contributed by atoms with Crippen LogP contribution in [0.4, 0.5) is 51.2 Å². The molecule has 30 rings (SSSR count). The molecule has 0 saturated carbocycles. The van der Waals surface area contributed by atoms with Gasteiger partial charge in [0.25, 0.3) is 0 Å². The summed E-state index contributed by atoms with van der Waals surface area (Å²) in [6, 6.07) is 179. The van der Waals surface area contributed by atoms with Crippen LogP contribution in [0.2, 0.25) is 0 Å². The Morgan fingerprint density at radius 2 is 0.408 bits per heavy atom. The van der Waals surface area contributed by atoms with Gasteiger partial charge in [-0.1, -0.05) is 309 Å². The molecule has 0 bridgehead atoms. The number of hydrogen-bond donors (Lipinski definition) is 0. The Labute approximate surface area is 847 Å². The lowest BCUT2D eigenvalue weighted by Gasteiger charge is -2.27. The van der Waals surface area contributed by atoms with E-state index < -0.39 is 0 Å². The Morgan fingerprint density at radius 1 is 0.156 bits per heavy atom. The molecule has 6 aromatic heterocycles. The van der Waals surface area contributed by atoms with Crippen LogP contribution in [0.5, 0.6) is 0 Å². The van der Waals surface area contributed by atoms with Gasteiger partial charge in [0.15, 0.2) is 16.7 Å². The fraction of sp³-hybridized carbons (Fsp3) is 0. The third kappa shape index (κ3) is 15.5. The van der Waals surface area contributed by atoms with Gasteiger partial charge in [0.1, 0.15) is 38.9 Å². The van der Waals surface area contributed by atoms with E-state index in [2.05, 4.69) is 409 Å². The van der Waals surface area contributed by atoms with Crippen LogP contribution in [-0.2, 0) is 0 Å². The zero-order valence-corrected chi connectivity index (χ0v) is 79.9. The summed E-state index contributed by atoms with van der Waals surface area (Å²) in [5, 5.41) is 20.2. The molecule has 0 aliphatic heterocycles. The Morgan fingerprint density at radius 3 is 0.769 bits per heavy atom. The second-order valence-electron chi connectivity index (χ2n) is 37.2. The molecule has 30 aromatic rings. The van der Waals surface area contributed by atoms with E-state index in [4.69, 9.17) is 37.0 Å². The van der Waals surface area contributed by atoms with Crippen LogP contribution in [0.3, 0.4) is 0 Å². The number of hydrogen-bond acceptors (Lipinski definition) is 12. The number of para-hydroxylation sites is 2. The molecule has 0 radical (unpaired) electrons. The third-order valence-corrected chi connectivity index (χ3v) is 29.5. The number of oxazole rings is 3. The first kappa shape index (κ1) is 85.4. The van der Waals surface area contributed by atoms with E-state index in [-0.39, 0.29) is 0 Å². The quantitative estimate of drug-likeness (QED) is 0.0914. The molecule has 0 atom stereocenters. The molecular formula is C135H84N6O5S. The van der Waals surface area contributed by atoms with Gasteiger partial charge in [-0.3, -0.25) is 0 Å². The van der Waals surface area contributed by atoms with Gasteiger partial charge in [-0.15, -0.1) is 11.3 Å². The van der Waals surface area contributed by atoms with Crippen molar-refractivity contribution in [1.82, 2.24) is 15.0 Å². The molecule has 0 aliphatic rings. The predicted octanol–water partition coefficient (Wildman–Crippen LogP) is 39.0. The lowest BCUT2D eigenvalue weighted by molar-refractivity contribution is 0.623. The minimum atomic E-state index is 0.622. The molecule has 0 amide bonds. The summed E-state index contributed by atoms with van der Waals surface area (Å²) in [5.41, 5.74) is 27.9. The summed E-state index contributed by atoms with van der Waals surface area (Å²) in [4.78, 5) is 21.7. The number of fused-ring (bicyclic) bond motifs is 24. The maximum absolute atomic E-state index is 6.57. The standard InChI is InChI=1S/C45H26N2O2S.C45H28N2O2.C45H30N2O/c1-2-8-29(9-3-1)45-46-38-21-17-28-15-14-27-16-18-30(24-35(27)43(28)44(38)49-45)47(31-19-22-40-36(25-31)33-10-4-6-12-39(33)48-40)32-20-23-42-37(26-32)34-11-5-7-13-41(34)50-42;1-3-10-29(11-4-1)33-14-9-15-34(26-33)47(36-23-25-42-39(28-36)37-16-7-8-17-41(37)48-42)35-22-20-30-18-19-31-21-24-40-44(43(31)38(30)27-35)49-45(46-40)32-12-5-2-6-13-32;1-4-12-31(13-5-1)36-18-10-20-38(28-36)47(39-21-11-19-37(29-39)32-14-6-2-7-15-32)40-26-24-33-22-23-34-25-27-42-44(43(34)41(33)30-40)48-45(46-42)35-16-8-3-9-17-35/h1-26H;1-28H;1-30H. The van der Waals surface area contributed by atoms with Crippen molar-refractivity contribution in [3.63, 3.8) is 0 Å². The maximum Gasteiger partial charge on any atom is 0.227 e. The zero-order valence-electron chi connectivity index (χ0n) is 79.1. The lowest BCUT2D eigenvalue weighted by Crippen LogP contribution is -2.10. The number of nitrogens with zero attached hydrogens (tertiary/aromatic N) is 6. The largest absolute Gasteiger partial charge is 0.456 e. The molecule has 0 spiro atoms. The number of furan rings is 2. The maximum atomic E-state index is 6.57. The van der Waals surface area contributed by atoms with Gasteiger partial charge >= 0.3 is 0 Å². The van der Waals surface area contributed by atoms with Crippen LogP contribution in [0.15, 0.2) is 532 Å². The van der Waals surface area contributed by atoms with Gasteiger partial charge in [-0.25, -0.2) is 15.0 Å². The van der Waals surface area contributed by atoms with Crippen molar-refractivity contribution in [3.8, 4) is 67.7 Å². The summed E-state index contributed by atoms with van der Waals surface area (Å²) in [5.74, 6) is 1.87. The van der Waals surface area contributed by atoms with E-state index in [9.17, 15) is 0 Å². The molecule has 0 unspecified atom stereocenters. The van der Waals surface area contributed by atoms with Crippen molar-refractivity contribution in [2.45, 2.75) is 0 Å². The highest BCUT2D eigenvalue weighted by Crippen LogP contribution is 2.50. The summed E-state index contributed by atoms with van der Waals surface area (Å²) in [6.45, 7) is 0.